The van der Waals surface area contributed by atoms with Crippen molar-refractivity contribution in [2.24, 2.45) is 0 Å². The van der Waals surface area contributed by atoms with Gasteiger partial charge in [-0.15, -0.1) is 0 Å². The van der Waals surface area contributed by atoms with Crippen molar-refractivity contribution in [1.29, 1.82) is 0 Å². The highest BCUT2D eigenvalue weighted by molar-refractivity contribution is 5.49. The molecule has 0 aliphatic carbocycles. The molecule has 0 radical (unpaired) electrons. The molecule has 1 aliphatic heterocycles. The van der Waals surface area contributed by atoms with Crippen molar-refractivity contribution in [2.45, 2.75) is 12.5 Å². The van der Waals surface area contributed by atoms with E-state index in [-0.39, 0.29) is 0 Å². The molecule has 0 amide bonds. The van der Waals surface area contributed by atoms with Crippen LogP contribution in [0.1, 0.15) is 5.82 Å². The van der Waals surface area contributed by atoms with Gasteiger partial charge in [-0.25, -0.2) is 9.97 Å². The molecule has 6 heteroatoms. The van der Waals surface area contributed by atoms with E-state index in [4.69, 9.17) is 10.5 Å². The molecule has 0 bridgehead atoms. The van der Waals surface area contributed by atoms with Gasteiger partial charge >= 0.3 is 0 Å². The summed E-state index contributed by atoms with van der Waals surface area (Å²) < 4.78 is 5.02. The topological polar surface area (TPSA) is 76.3 Å². The van der Waals surface area contributed by atoms with E-state index in [9.17, 15) is 0 Å². The number of aromatic nitrogens is 2. The summed E-state index contributed by atoms with van der Waals surface area (Å²) in [5, 5.41) is 3.23. The summed E-state index contributed by atoms with van der Waals surface area (Å²) in [7, 11) is 3.64. The Balaban J connectivity index is 2.04. The van der Waals surface area contributed by atoms with Crippen molar-refractivity contribution < 1.29 is 4.74 Å². The predicted molar refractivity (Wildman–Crippen MR) is 67.1 cm³/mol. The van der Waals surface area contributed by atoms with Crippen LogP contribution in [0.4, 0.5) is 11.6 Å². The van der Waals surface area contributed by atoms with Gasteiger partial charge in [-0.1, -0.05) is 0 Å². The number of ether oxygens (including phenoxy) is 1. The van der Waals surface area contributed by atoms with Crippen molar-refractivity contribution in [1.82, 2.24) is 15.3 Å². The Morgan fingerprint density at radius 3 is 2.94 bits per heavy atom. The maximum atomic E-state index is 5.78. The van der Waals surface area contributed by atoms with Crippen LogP contribution < -0.4 is 16.0 Å². The number of nitrogen functional groups attached to an aromatic ring is 1. The van der Waals surface area contributed by atoms with E-state index >= 15 is 0 Å². The largest absolute Gasteiger partial charge is 0.384 e. The first-order chi connectivity index (χ1) is 8.22. The molecule has 3 N–H and O–H groups in total. The van der Waals surface area contributed by atoms with E-state index in [1.54, 1.807) is 7.11 Å². The van der Waals surface area contributed by atoms with Gasteiger partial charge in [0.1, 0.15) is 17.5 Å². The van der Waals surface area contributed by atoms with Crippen molar-refractivity contribution >= 4 is 11.6 Å². The van der Waals surface area contributed by atoms with Gasteiger partial charge in [0.15, 0.2) is 0 Å². The highest BCUT2D eigenvalue weighted by Crippen LogP contribution is 2.20. The summed E-state index contributed by atoms with van der Waals surface area (Å²) in [5.41, 5.74) is 5.78. The van der Waals surface area contributed by atoms with Gasteiger partial charge in [-0.3, -0.25) is 0 Å². The molecule has 0 aromatic carbocycles. The number of nitrogens with one attached hydrogen (secondary N) is 1. The number of rotatable bonds is 5. The van der Waals surface area contributed by atoms with Gasteiger partial charge < -0.3 is 20.7 Å². The zero-order valence-corrected chi connectivity index (χ0v) is 10.3. The second-order valence-electron chi connectivity index (χ2n) is 4.20. The van der Waals surface area contributed by atoms with Crippen LogP contribution >= 0.6 is 0 Å². The van der Waals surface area contributed by atoms with E-state index in [2.05, 4.69) is 20.2 Å². The summed E-state index contributed by atoms with van der Waals surface area (Å²) in [4.78, 5) is 10.9. The second kappa shape index (κ2) is 5.29. The third-order valence-electron chi connectivity index (χ3n) is 2.92. The Hall–Kier alpha value is -1.40. The molecule has 2 rings (SSSR count). The molecule has 0 saturated carbocycles. The minimum absolute atomic E-state index is 0.522. The van der Waals surface area contributed by atoms with Gasteiger partial charge in [-0.05, 0) is 7.05 Å². The van der Waals surface area contributed by atoms with E-state index in [0.29, 0.717) is 24.9 Å². The molecule has 1 aromatic rings. The lowest BCUT2D eigenvalue weighted by Gasteiger charge is -2.40. The Bertz CT molecular complexity index is 378. The molecule has 1 fully saturated rings. The average Bonchev–Trinajstić information content (AvgIpc) is 2.24. The molecular weight excluding hydrogens is 218 g/mol. The first kappa shape index (κ1) is 12.1. The molecule has 0 atom stereocenters. The van der Waals surface area contributed by atoms with Gasteiger partial charge in [-0.2, -0.15) is 0 Å². The van der Waals surface area contributed by atoms with Crippen molar-refractivity contribution in [3.05, 3.63) is 11.9 Å². The van der Waals surface area contributed by atoms with Crippen molar-refractivity contribution in [3.63, 3.8) is 0 Å². The molecule has 0 unspecified atom stereocenters. The Morgan fingerprint density at radius 2 is 2.29 bits per heavy atom. The molecular formula is C11H19N5O. The normalized spacial score (nSPS) is 16.0. The van der Waals surface area contributed by atoms with E-state index in [0.717, 1.165) is 24.7 Å². The Kier molecular flexibility index (Phi) is 3.75. The van der Waals surface area contributed by atoms with Crippen LogP contribution in [0, 0.1) is 0 Å². The lowest BCUT2D eigenvalue weighted by Crippen LogP contribution is -2.57. The SMILES string of the molecule is CNC1CN(c2cc(N)nc(CCOC)n2)C1. The standard InChI is InChI=1S/C11H19N5O/c1-13-8-6-16(7-8)11-5-9(12)14-10(15-11)3-4-17-2/h5,8,13H,3-4,6-7H2,1-2H3,(H2,12,14,15). The summed E-state index contributed by atoms with van der Waals surface area (Å²) in [6.45, 7) is 2.55. The summed E-state index contributed by atoms with van der Waals surface area (Å²) >= 11 is 0. The summed E-state index contributed by atoms with van der Waals surface area (Å²) in [6, 6.07) is 2.37. The predicted octanol–water partition coefficient (Wildman–Crippen LogP) is -0.344. The van der Waals surface area contributed by atoms with Crippen molar-refractivity contribution in [3.8, 4) is 0 Å². The Morgan fingerprint density at radius 1 is 1.53 bits per heavy atom. The molecule has 0 spiro atoms. The van der Waals surface area contributed by atoms with Crippen molar-refractivity contribution in [2.75, 3.05) is 44.5 Å². The molecule has 1 aliphatic rings. The van der Waals surface area contributed by atoms with Gasteiger partial charge in [0.05, 0.1) is 6.61 Å². The van der Waals surface area contributed by atoms with Crippen LogP contribution in [0.5, 0.6) is 0 Å². The summed E-state index contributed by atoms with van der Waals surface area (Å²) in [6.07, 6.45) is 0.692. The molecule has 1 aromatic heterocycles. The fraction of sp³-hybridized carbons (Fsp3) is 0.636. The first-order valence-corrected chi connectivity index (χ1v) is 5.77. The molecule has 94 valence electrons. The van der Waals surface area contributed by atoms with E-state index in [1.165, 1.54) is 0 Å². The fourth-order valence-corrected chi connectivity index (χ4v) is 1.82. The highest BCUT2D eigenvalue weighted by Gasteiger charge is 2.26. The minimum atomic E-state index is 0.522. The lowest BCUT2D eigenvalue weighted by atomic mass is 10.1. The zero-order chi connectivity index (χ0) is 12.3. The van der Waals surface area contributed by atoms with Crippen LogP contribution in [0.15, 0.2) is 6.07 Å². The zero-order valence-electron chi connectivity index (χ0n) is 10.3. The third-order valence-corrected chi connectivity index (χ3v) is 2.92. The smallest absolute Gasteiger partial charge is 0.135 e. The molecule has 17 heavy (non-hydrogen) atoms. The van der Waals surface area contributed by atoms with E-state index in [1.807, 2.05) is 13.1 Å². The fourth-order valence-electron chi connectivity index (χ4n) is 1.82. The third kappa shape index (κ3) is 2.83. The molecule has 6 nitrogen and oxygen atoms in total. The number of methoxy groups -OCH3 is 1. The molecule has 1 saturated heterocycles. The van der Waals surface area contributed by atoms with Gasteiger partial charge in [0.25, 0.3) is 0 Å². The highest BCUT2D eigenvalue weighted by atomic mass is 16.5. The number of hydrogen-bond donors (Lipinski definition) is 2. The van der Waals surface area contributed by atoms with Crippen LogP contribution in [-0.2, 0) is 11.2 Å². The number of hydrogen-bond acceptors (Lipinski definition) is 6. The van der Waals surface area contributed by atoms with Gasteiger partial charge in [0.2, 0.25) is 0 Å². The quantitative estimate of drug-likeness (QED) is 0.729. The first-order valence-electron chi connectivity index (χ1n) is 5.77. The van der Waals surface area contributed by atoms with Crippen LogP contribution in [0.2, 0.25) is 0 Å². The maximum Gasteiger partial charge on any atom is 0.135 e. The maximum absolute atomic E-state index is 5.78. The number of likely N-dealkylation sites (N-methyl/N-ethyl adjacent to an activating group) is 1. The number of nitrogens with two attached hydrogens (primary N) is 1. The van der Waals surface area contributed by atoms with E-state index < -0.39 is 0 Å². The monoisotopic (exact) mass is 237 g/mol. The minimum Gasteiger partial charge on any atom is -0.384 e. The van der Waals surface area contributed by atoms with Crippen LogP contribution in [0.25, 0.3) is 0 Å². The lowest BCUT2D eigenvalue weighted by molar-refractivity contribution is 0.200. The average molecular weight is 237 g/mol. The second-order valence-corrected chi connectivity index (χ2v) is 4.20. The van der Waals surface area contributed by atoms with Crippen LogP contribution in [0.3, 0.4) is 0 Å². The van der Waals surface area contributed by atoms with Gasteiger partial charge in [0, 0.05) is 38.7 Å². The van der Waals surface area contributed by atoms with Crippen LogP contribution in [-0.4, -0.2) is 49.9 Å². The Labute approximate surface area is 101 Å². The molecule has 2 heterocycles. The number of nitrogens with zero attached hydrogens (tertiary/aromatic N) is 3. The number of anilines is 2. The summed E-state index contributed by atoms with van der Waals surface area (Å²) in [5.74, 6) is 2.18.